The number of carboxylic acid groups (broad SMARTS) is 1. The van der Waals surface area contributed by atoms with Crippen LogP contribution in [0.2, 0.25) is 0 Å². The summed E-state index contributed by atoms with van der Waals surface area (Å²) in [7, 11) is 0. The molecule has 1 aliphatic rings. The lowest BCUT2D eigenvalue weighted by Gasteiger charge is -2.22. The third-order valence-electron chi connectivity index (χ3n) is 2.89. The molecule has 0 bridgehead atoms. The number of nitrogens with zero attached hydrogens (tertiary/aromatic N) is 1. The molecule has 1 heterocycles. The molecule has 1 unspecified atom stereocenters. The van der Waals surface area contributed by atoms with Crippen LogP contribution in [0.15, 0.2) is 18.2 Å². The highest BCUT2D eigenvalue weighted by molar-refractivity contribution is 6.02. The maximum atomic E-state index is 11.7. The molecule has 1 atom stereocenters. The van der Waals surface area contributed by atoms with E-state index in [2.05, 4.69) is 5.32 Å². The van der Waals surface area contributed by atoms with Crippen LogP contribution >= 0.6 is 0 Å². The Kier molecular flexibility index (Phi) is 2.75. The van der Waals surface area contributed by atoms with E-state index in [0.717, 1.165) is 11.1 Å². The van der Waals surface area contributed by atoms with Crippen molar-refractivity contribution < 1.29 is 14.7 Å². The monoisotopic (exact) mass is 234 g/mol. The number of benzene rings is 1. The zero-order valence-electron chi connectivity index (χ0n) is 9.73. The minimum Gasteiger partial charge on any atom is -0.480 e. The molecular formula is C12H14N2O3. The molecule has 0 spiro atoms. The maximum Gasteiger partial charge on any atom is 0.328 e. The zero-order valence-corrected chi connectivity index (χ0v) is 9.73. The first-order valence-corrected chi connectivity index (χ1v) is 5.38. The molecule has 2 amide bonds. The van der Waals surface area contributed by atoms with E-state index in [9.17, 15) is 9.59 Å². The van der Waals surface area contributed by atoms with Crippen molar-refractivity contribution in [3.05, 3.63) is 29.3 Å². The van der Waals surface area contributed by atoms with E-state index in [1.165, 1.54) is 4.90 Å². The van der Waals surface area contributed by atoms with E-state index in [1.54, 1.807) is 0 Å². The van der Waals surface area contributed by atoms with Gasteiger partial charge in [-0.05, 0) is 31.0 Å². The number of amides is 2. The summed E-state index contributed by atoms with van der Waals surface area (Å²) in [5, 5.41) is 11.6. The van der Waals surface area contributed by atoms with Crippen LogP contribution in [0.4, 0.5) is 10.5 Å². The molecule has 2 N–H and O–H groups in total. The van der Waals surface area contributed by atoms with Crippen molar-refractivity contribution >= 4 is 17.7 Å². The molecule has 1 aliphatic heterocycles. The number of nitrogens with one attached hydrogen (secondary N) is 1. The number of carboxylic acids is 1. The van der Waals surface area contributed by atoms with Gasteiger partial charge >= 0.3 is 12.0 Å². The maximum absolute atomic E-state index is 11.7. The summed E-state index contributed by atoms with van der Waals surface area (Å²) in [5.74, 6) is -0.996. The SMILES string of the molecule is Cc1ccc(C)c(N2C(=O)NCC2C(=O)O)c1. The summed E-state index contributed by atoms with van der Waals surface area (Å²) < 4.78 is 0. The predicted octanol–water partition coefficient (Wildman–Crippen LogP) is 1.29. The van der Waals surface area contributed by atoms with Gasteiger partial charge in [-0.2, -0.15) is 0 Å². The lowest BCUT2D eigenvalue weighted by Crippen LogP contribution is -2.40. The second-order valence-corrected chi connectivity index (χ2v) is 4.20. The molecule has 17 heavy (non-hydrogen) atoms. The topological polar surface area (TPSA) is 69.6 Å². The highest BCUT2D eigenvalue weighted by Gasteiger charge is 2.37. The Morgan fingerprint density at radius 3 is 2.82 bits per heavy atom. The Hall–Kier alpha value is -2.04. The van der Waals surface area contributed by atoms with Crippen LogP contribution in [0.3, 0.4) is 0 Å². The van der Waals surface area contributed by atoms with Crippen molar-refractivity contribution in [2.75, 3.05) is 11.4 Å². The molecule has 1 saturated heterocycles. The molecule has 5 nitrogen and oxygen atoms in total. The minimum absolute atomic E-state index is 0.140. The summed E-state index contributed by atoms with van der Waals surface area (Å²) in [6.07, 6.45) is 0. The normalized spacial score (nSPS) is 19.3. The van der Waals surface area contributed by atoms with Gasteiger partial charge in [0.15, 0.2) is 6.04 Å². The van der Waals surface area contributed by atoms with E-state index in [4.69, 9.17) is 5.11 Å². The van der Waals surface area contributed by atoms with E-state index >= 15 is 0 Å². The summed E-state index contributed by atoms with van der Waals surface area (Å²) in [6.45, 7) is 3.91. The lowest BCUT2D eigenvalue weighted by atomic mass is 10.1. The number of hydrogen-bond donors (Lipinski definition) is 2. The number of aryl methyl sites for hydroxylation is 2. The molecule has 90 valence electrons. The standard InChI is InChI=1S/C12H14N2O3/c1-7-3-4-8(2)9(5-7)14-10(11(15)16)6-13-12(14)17/h3-5,10H,6H2,1-2H3,(H,13,17)(H,15,16). The molecule has 2 rings (SSSR count). The highest BCUT2D eigenvalue weighted by atomic mass is 16.4. The molecule has 0 radical (unpaired) electrons. The van der Waals surface area contributed by atoms with Crippen molar-refractivity contribution in [2.24, 2.45) is 0 Å². The number of rotatable bonds is 2. The van der Waals surface area contributed by atoms with Gasteiger partial charge in [-0.3, -0.25) is 4.90 Å². The average molecular weight is 234 g/mol. The first-order chi connectivity index (χ1) is 8.00. The fourth-order valence-corrected chi connectivity index (χ4v) is 1.96. The largest absolute Gasteiger partial charge is 0.480 e. The van der Waals surface area contributed by atoms with Gasteiger partial charge in [-0.25, -0.2) is 9.59 Å². The number of aliphatic carboxylic acids is 1. The van der Waals surface area contributed by atoms with Crippen molar-refractivity contribution in [3.8, 4) is 0 Å². The molecule has 1 fully saturated rings. The summed E-state index contributed by atoms with van der Waals surface area (Å²) >= 11 is 0. The van der Waals surface area contributed by atoms with Gasteiger partial charge in [0.05, 0.1) is 6.54 Å². The number of anilines is 1. The second-order valence-electron chi connectivity index (χ2n) is 4.20. The van der Waals surface area contributed by atoms with Crippen LogP contribution in [0.25, 0.3) is 0 Å². The van der Waals surface area contributed by atoms with Crippen molar-refractivity contribution in [3.63, 3.8) is 0 Å². The number of hydrogen-bond acceptors (Lipinski definition) is 2. The van der Waals surface area contributed by atoms with Gasteiger partial charge in [0.1, 0.15) is 0 Å². The smallest absolute Gasteiger partial charge is 0.328 e. The van der Waals surface area contributed by atoms with E-state index < -0.39 is 12.0 Å². The van der Waals surface area contributed by atoms with Crippen molar-refractivity contribution in [1.82, 2.24) is 5.32 Å². The Labute approximate surface area is 99.0 Å². The van der Waals surface area contributed by atoms with Crippen LogP contribution in [0, 0.1) is 13.8 Å². The summed E-state index contributed by atoms with van der Waals surface area (Å²) in [6, 6.07) is 4.46. The molecule has 1 aromatic rings. The van der Waals surface area contributed by atoms with Gasteiger partial charge < -0.3 is 10.4 Å². The van der Waals surface area contributed by atoms with Crippen molar-refractivity contribution in [1.29, 1.82) is 0 Å². The third kappa shape index (κ3) is 1.95. The Morgan fingerprint density at radius 2 is 2.18 bits per heavy atom. The van der Waals surface area contributed by atoms with E-state index in [1.807, 2.05) is 32.0 Å². The number of carbonyl (C=O) groups excluding carboxylic acids is 1. The summed E-state index contributed by atoms with van der Waals surface area (Å²) in [4.78, 5) is 24.1. The van der Waals surface area contributed by atoms with Gasteiger partial charge in [0, 0.05) is 5.69 Å². The second kappa shape index (κ2) is 4.08. The molecule has 0 aromatic heterocycles. The average Bonchev–Trinajstić information content (AvgIpc) is 2.64. The van der Waals surface area contributed by atoms with Gasteiger partial charge in [0.2, 0.25) is 0 Å². The van der Waals surface area contributed by atoms with Crippen LogP contribution < -0.4 is 10.2 Å². The Balaban J connectivity index is 2.46. The zero-order chi connectivity index (χ0) is 12.6. The first-order valence-electron chi connectivity index (χ1n) is 5.38. The Morgan fingerprint density at radius 1 is 1.47 bits per heavy atom. The minimum atomic E-state index is -0.996. The predicted molar refractivity (Wildman–Crippen MR) is 63.2 cm³/mol. The molecule has 0 aliphatic carbocycles. The molecular weight excluding hydrogens is 220 g/mol. The molecule has 1 aromatic carbocycles. The number of urea groups is 1. The van der Waals surface area contributed by atoms with Gasteiger partial charge in [-0.1, -0.05) is 12.1 Å². The molecule has 0 saturated carbocycles. The van der Waals surface area contributed by atoms with Crippen LogP contribution in [0.5, 0.6) is 0 Å². The number of carbonyl (C=O) groups is 2. The van der Waals surface area contributed by atoms with Gasteiger partial charge in [-0.15, -0.1) is 0 Å². The van der Waals surface area contributed by atoms with E-state index in [0.29, 0.717) is 5.69 Å². The van der Waals surface area contributed by atoms with Crippen LogP contribution in [0.1, 0.15) is 11.1 Å². The lowest BCUT2D eigenvalue weighted by molar-refractivity contribution is -0.137. The molecule has 5 heteroatoms. The van der Waals surface area contributed by atoms with Crippen molar-refractivity contribution in [2.45, 2.75) is 19.9 Å². The quantitative estimate of drug-likeness (QED) is 0.810. The highest BCUT2D eigenvalue weighted by Crippen LogP contribution is 2.25. The first kappa shape index (κ1) is 11.4. The fraction of sp³-hybridized carbons (Fsp3) is 0.333. The fourth-order valence-electron chi connectivity index (χ4n) is 1.96. The summed E-state index contributed by atoms with van der Waals surface area (Å²) in [5.41, 5.74) is 2.54. The van der Waals surface area contributed by atoms with E-state index in [-0.39, 0.29) is 12.6 Å². The third-order valence-corrected chi connectivity index (χ3v) is 2.89. The Bertz CT molecular complexity index is 485. The van der Waals surface area contributed by atoms with Crippen LogP contribution in [-0.4, -0.2) is 29.7 Å². The van der Waals surface area contributed by atoms with Gasteiger partial charge in [0.25, 0.3) is 0 Å². The van der Waals surface area contributed by atoms with Crippen LogP contribution in [-0.2, 0) is 4.79 Å².